The van der Waals surface area contributed by atoms with Gasteiger partial charge in [-0.3, -0.25) is 0 Å². The minimum absolute atomic E-state index is 0.408. The second-order valence-corrected chi connectivity index (χ2v) is 5.45. The van der Waals surface area contributed by atoms with Crippen molar-refractivity contribution in [1.29, 1.82) is 0 Å². The summed E-state index contributed by atoms with van der Waals surface area (Å²) in [6.07, 6.45) is -3.67. The standard InChI is InChI=1S/C14H20F3NO/c1-13(2,3)11-9-10(14(15,16)17)5-6-12(11)19-8-4-7-18/h5-6,9H,4,7-8,18H2,1-3H3. The Labute approximate surface area is 111 Å². The minimum Gasteiger partial charge on any atom is -0.493 e. The zero-order chi connectivity index (χ0) is 14.7. The van der Waals surface area contributed by atoms with E-state index < -0.39 is 17.2 Å². The van der Waals surface area contributed by atoms with Crippen molar-refractivity contribution in [2.24, 2.45) is 5.73 Å². The van der Waals surface area contributed by atoms with Crippen molar-refractivity contribution in [2.75, 3.05) is 13.2 Å². The molecule has 0 atom stereocenters. The van der Waals surface area contributed by atoms with Gasteiger partial charge in [0, 0.05) is 5.56 Å². The summed E-state index contributed by atoms with van der Waals surface area (Å²) in [5, 5.41) is 0. The monoisotopic (exact) mass is 275 g/mol. The van der Waals surface area contributed by atoms with Gasteiger partial charge in [-0.15, -0.1) is 0 Å². The van der Waals surface area contributed by atoms with Crippen molar-refractivity contribution in [3.05, 3.63) is 29.3 Å². The first-order valence-corrected chi connectivity index (χ1v) is 6.21. The van der Waals surface area contributed by atoms with Crippen molar-refractivity contribution in [3.8, 4) is 5.75 Å². The maximum atomic E-state index is 12.7. The second-order valence-electron chi connectivity index (χ2n) is 5.45. The molecule has 5 heteroatoms. The topological polar surface area (TPSA) is 35.2 Å². The molecule has 1 aromatic rings. The summed E-state index contributed by atoms with van der Waals surface area (Å²) in [5.74, 6) is 0.494. The summed E-state index contributed by atoms with van der Waals surface area (Å²) in [6.45, 7) is 6.48. The highest BCUT2D eigenvalue weighted by Crippen LogP contribution is 2.37. The van der Waals surface area contributed by atoms with Crippen LogP contribution in [0.2, 0.25) is 0 Å². The molecule has 0 heterocycles. The van der Waals surface area contributed by atoms with E-state index in [4.69, 9.17) is 10.5 Å². The van der Waals surface area contributed by atoms with Crippen LogP contribution in [0.1, 0.15) is 38.3 Å². The molecule has 0 aliphatic rings. The lowest BCUT2D eigenvalue weighted by Crippen LogP contribution is -2.17. The average Bonchev–Trinajstić information content (AvgIpc) is 2.27. The molecular formula is C14H20F3NO. The van der Waals surface area contributed by atoms with E-state index in [0.717, 1.165) is 12.1 Å². The van der Waals surface area contributed by atoms with Crippen LogP contribution >= 0.6 is 0 Å². The van der Waals surface area contributed by atoms with Crippen molar-refractivity contribution in [2.45, 2.75) is 38.8 Å². The van der Waals surface area contributed by atoms with Gasteiger partial charge in [-0.1, -0.05) is 20.8 Å². The van der Waals surface area contributed by atoms with Crippen LogP contribution in [-0.4, -0.2) is 13.2 Å². The number of halogens is 3. The lowest BCUT2D eigenvalue weighted by molar-refractivity contribution is -0.137. The molecule has 1 rings (SSSR count). The number of alkyl halides is 3. The van der Waals surface area contributed by atoms with Gasteiger partial charge in [0.25, 0.3) is 0 Å². The van der Waals surface area contributed by atoms with Gasteiger partial charge in [0.2, 0.25) is 0 Å². The SMILES string of the molecule is CC(C)(C)c1cc(C(F)(F)F)ccc1OCCCN. The third-order valence-corrected chi connectivity index (χ3v) is 2.72. The molecule has 108 valence electrons. The Morgan fingerprint density at radius 3 is 2.26 bits per heavy atom. The van der Waals surface area contributed by atoms with Gasteiger partial charge < -0.3 is 10.5 Å². The first kappa shape index (κ1) is 15.8. The summed E-state index contributed by atoms with van der Waals surface area (Å²) in [6, 6.07) is 3.60. The number of rotatable bonds is 4. The van der Waals surface area contributed by atoms with Crippen LogP contribution < -0.4 is 10.5 Å². The fourth-order valence-corrected chi connectivity index (χ4v) is 1.68. The molecule has 19 heavy (non-hydrogen) atoms. The molecule has 0 saturated heterocycles. The van der Waals surface area contributed by atoms with Gasteiger partial charge in [0.1, 0.15) is 5.75 Å². The molecular weight excluding hydrogens is 255 g/mol. The lowest BCUT2D eigenvalue weighted by atomic mass is 9.85. The molecule has 0 aliphatic heterocycles. The first-order valence-electron chi connectivity index (χ1n) is 6.21. The minimum atomic E-state index is -4.34. The summed E-state index contributed by atoms with van der Waals surface area (Å²) in [4.78, 5) is 0. The highest BCUT2D eigenvalue weighted by atomic mass is 19.4. The van der Waals surface area contributed by atoms with E-state index >= 15 is 0 Å². The zero-order valence-corrected chi connectivity index (χ0v) is 11.5. The molecule has 0 aromatic heterocycles. The van der Waals surface area contributed by atoms with Crippen LogP contribution in [-0.2, 0) is 11.6 Å². The van der Waals surface area contributed by atoms with Crippen LogP contribution in [0.25, 0.3) is 0 Å². The molecule has 0 bridgehead atoms. The Hall–Kier alpha value is -1.23. The number of ether oxygens (including phenoxy) is 1. The molecule has 0 amide bonds. The highest BCUT2D eigenvalue weighted by molar-refractivity contribution is 5.42. The molecule has 2 N–H and O–H groups in total. The predicted octanol–water partition coefficient (Wildman–Crippen LogP) is 3.73. The normalized spacial score (nSPS) is 12.6. The van der Waals surface area contributed by atoms with Crippen molar-refractivity contribution in [3.63, 3.8) is 0 Å². The number of benzene rings is 1. The van der Waals surface area contributed by atoms with E-state index in [2.05, 4.69) is 0 Å². The van der Waals surface area contributed by atoms with Crippen LogP contribution in [0.15, 0.2) is 18.2 Å². The quantitative estimate of drug-likeness (QED) is 0.850. The summed E-state index contributed by atoms with van der Waals surface area (Å²) in [5.41, 5.74) is 4.86. The van der Waals surface area contributed by atoms with E-state index in [1.807, 2.05) is 20.8 Å². The van der Waals surface area contributed by atoms with E-state index in [1.54, 1.807) is 0 Å². The Morgan fingerprint density at radius 1 is 1.16 bits per heavy atom. The maximum Gasteiger partial charge on any atom is 0.416 e. The van der Waals surface area contributed by atoms with Gasteiger partial charge in [-0.2, -0.15) is 13.2 Å². The largest absolute Gasteiger partial charge is 0.493 e. The van der Waals surface area contributed by atoms with Crippen molar-refractivity contribution in [1.82, 2.24) is 0 Å². The molecule has 0 spiro atoms. The van der Waals surface area contributed by atoms with Gasteiger partial charge >= 0.3 is 6.18 Å². The molecule has 1 aromatic carbocycles. The fourth-order valence-electron chi connectivity index (χ4n) is 1.68. The number of hydrogen-bond acceptors (Lipinski definition) is 2. The van der Waals surface area contributed by atoms with E-state index in [1.165, 1.54) is 6.07 Å². The Morgan fingerprint density at radius 2 is 1.79 bits per heavy atom. The van der Waals surface area contributed by atoms with Crippen LogP contribution in [0.5, 0.6) is 5.75 Å². The summed E-state index contributed by atoms with van der Waals surface area (Å²) >= 11 is 0. The predicted molar refractivity (Wildman–Crippen MR) is 69.3 cm³/mol. The van der Waals surface area contributed by atoms with Crippen molar-refractivity contribution >= 4 is 0 Å². The van der Waals surface area contributed by atoms with Gasteiger partial charge in [0.05, 0.1) is 12.2 Å². The van der Waals surface area contributed by atoms with Crippen LogP contribution in [0.3, 0.4) is 0 Å². The zero-order valence-electron chi connectivity index (χ0n) is 11.5. The van der Waals surface area contributed by atoms with E-state index in [9.17, 15) is 13.2 Å². The third kappa shape index (κ3) is 4.42. The van der Waals surface area contributed by atoms with E-state index in [0.29, 0.717) is 30.9 Å². The maximum absolute atomic E-state index is 12.7. The van der Waals surface area contributed by atoms with Gasteiger partial charge in [-0.05, 0) is 36.6 Å². The third-order valence-electron chi connectivity index (χ3n) is 2.72. The van der Waals surface area contributed by atoms with Crippen LogP contribution in [0, 0.1) is 0 Å². The first-order chi connectivity index (χ1) is 8.66. The molecule has 0 aliphatic carbocycles. The van der Waals surface area contributed by atoms with Gasteiger partial charge in [-0.25, -0.2) is 0 Å². The Bertz CT molecular complexity index is 422. The Balaban J connectivity index is 3.11. The van der Waals surface area contributed by atoms with Crippen molar-refractivity contribution < 1.29 is 17.9 Å². The summed E-state index contributed by atoms with van der Waals surface area (Å²) in [7, 11) is 0. The number of hydrogen-bond donors (Lipinski definition) is 1. The smallest absolute Gasteiger partial charge is 0.416 e. The highest BCUT2D eigenvalue weighted by Gasteiger charge is 2.32. The molecule has 2 nitrogen and oxygen atoms in total. The fraction of sp³-hybridized carbons (Fsp3) is 0.571. The van der Waals surface area contributed by atoms with Gasteiger partial charge in [0.15, 0.2) is 0 Å². The second kappa shape index (κ2) is 5.82. The number of nitrogens with two attached hydrogens (primary N) is 1. The summed E-state index contributed by atoms with van der Waals surface area (Å²) < 4.78 is 43.7. The van der Waals surface area contributed by atoms with Crippen LogP contribution in [0.4, 0.5) is 13.2 Å². The Kier molecular flexibility index (Phi) is 4.85. The molecule has 0 saturated carbocycles. The average molecular weight is 275 g/mol. The van der Waals surface area contributed by atoms with E-state index in [-0.39, 0.29) is 0 Å². The molecule has 0 fully saturated rings. The lowest BCUT2D eigenvalue weighted by Gasteiger charge is -2.24. The molecule has 0 radical (unpaired) electrons. The molecule has 0 unspecified atom stereocenters.